The first kappa shape index (κ1) is 14.5. The standard InChI is InChI=1S/C15H18N2O2S/c1-11(2)13-5-3-12(4-6-13)10-20(18,19)15-7-8-17-9-14(15)16/h3-9,11H,10,16H2,1-2H3. The summed E-state index contributed by atoms with van der Waals surface area (Å²) in [7, 11) is -3.44. The predicted molar refractivity (Wildman–Crippen MR) is 80.1 cm³/mol. The van der Waals surface area contributed by atoms with Crippen molar-refractivity contribution in [3.8, 4) is 0 Å². The number of anilines is 1. The molecule has 2 rings (SSSR count). The third kappa shape index (κ3) is 3.17. The van der Waals surface area contributed by atoms with Crippen LogP contribution in [0.2, 0.25) is 0 Å². The zero-order valence-corrected chi connectivity index (χ0v) is 12.4. The topological polar surface area (TPSA) is 73.0 Å². The van der Waals surface area contributed by atoms with Gasteiger partial charge in [0.2, 0.25) is 0 Å². The summed E-state index contributed by atoms with van der Waals surface area (Å²) in [6.45, 7) is 4.20. The number of aromatic nitrogens is 1. The molecule has 2 N–H and O–H groups in total. The molecule has 0 bridgehead atoms. The molecule has 20 heavy (non-hydrogen) atoms. The summed E-state index contributed by atoms with van der Waals surface area (Å²) < 4.78 is 24.7. The van der Waals surface area contributed by atoms with Crippen LogP contribution < -0.4 is 5.73 Å². The third-order valence-corrected chi connectivity index (χ3v) is 4.90. The van der Waals surface area contributed by atoms with Gasteiger partial charge in [-0.2, -0.15) is 0 Å². The summed E-state index contributed by atoms with van der Waals surface area (Å²) in [6, 6.07) is 9.07. The Hall–Kier alpha value is -1.88. The summed E-state index contributed by atoms with van der Waals surface area (Å²) in [5.41, 5.74) is 7.81. The van der Waals surface area contributed by atoms with Gasteiger partial charge >= 0.3 is 0 Å². The fraction of sp³-hybridized carbons (Fsp3) is 0.267. The first-order valence-electron chi connectivity index (χ1n) is 6.41. The van der Waals surface area contributed by atoms with Crippen molar-refractivity contribution in [2.75, 3.05) is 5.73 Å². The maximum absolute atomic E-state index is 12.3. The number of hydrogen-bond acceptors (Lipinski definition) is 4. The van der Waals surface area contributed by atoms with E-state index in [1.165, 1.54) is 24.0 Å². The SMILES string of the molecule is CC(C)c1ccc(CS(=O)(=O)c2ccncc2N)cc1. The number of pyridine rings is 1. The van der Waals surface area contributed by atoms with Crippen molar-refractivity contribution >= 4 is 15.5 Å². The van der Waals surface area contributed by atoms with Crippen molar-refractivity contribution in [1.29, 1.82) is 0 Å². The van der Waals surface area contributed by atoms with Crippen LogP contribution in [0, 0.1) is 0 Å². The number of nitrogen functional groups attached to an aromatic ring is 1. The molecule has 1 aromatic carbocycles. The second kappa shape index (κ2) is 5.63. The molecule has 4 nitrogen and oxygen atoms in total. The van der Waals surface area contributed by atoms with Crippen molar-refractivity contribution < 1.29 is 8.42 Å². The smallest absolute Gasteiger partial charge is 0.184 e. The van der Waals surface area contributed by atoms with E-state index in [0.29, 0.717) is 5.92 Å². The number of rotatable bonds is 4. The highest BCUT2D eigenvalue weighted by Gasteiger charge is 2.18. The zero-order valence-electron chi connectivity index (χ0n) is 11.6. The molecule has 0 fully saturated rings. The number of nitrogens with zero attached hydrogens (tertiary/aromatic N) is 1. The molecule has 1 aromatic heterocycles. The number of benzene rings is 1. The van der Waals surface area contributed by atoms with Crippen LogP contribution >= 0.6 is 0 Å². The number of hydrogen-bond donors (Lipinski definition) is 1. The van der Waals surface area contributed by atoms with Crippen LogP contribution in [0.15, 0.2) is 47.6 Å². The molecule has 5 heteroatoms. The molecule has 106 valence electrons. The van der Waals surface area contributed by atoms with Gasteiger partial charge in [-0.25, -0.2) is 8.42 Å². The minimum atomic E-state index is -3.44. The molecule has 0 unspecified atom stereocenters. The lowest BCUT2D eigenvalue weighted by molar-refractivity contribution is 0.595. The summed E-state index contributed by atoms with van der Waals surface area (Å²) in [6.07, 6.45) is 2.79. The number of sulfone groups is 1. The van der Waals surface area contributed by atoms with Gasteiger partial charge in [0.25, 0.3) is 0 Å². The summed E-state index contributed by atoms with van der Waals surface area (Å²) >= 11 is 0. The minimum Gasteiger partial charge on any atom is -0.396 e. The van der Waals surface area contributed by atoms with Crippen molar-refractivity contribution in [1.82, 2.24) is 4.98 Å². The summed E-state index contributed by atoms with van der Waals surface area (Å²) in [4.78, 5) is 3.95. The third-order valence-electron chi connectivity index (χ3n) is 3.15. The van der Waals surface area contributed by atoms with E-state index >= 15 is 0 Å². The average molecular weight is 290 g/mol. The highest BCUT2D eigenvalue weighted by molar-refractivity contribution is 7.90. The van der Waals surface area contributed by atoms with Gasteiger partial charge in [-0.3, -0.25) is 4.98 Å². The molecule has 1 heterocycles. The Balaban J connectivity index is 2.27. The van der Waals surface area contributed by atoms with Crippen LogP contribution in [-0.4, -0.2) is 13.4 Å². The molecule has 0 aliphatic heterocycles. The van der Waals surface area contributed by atoms with Gasteiger partial charge in [-0.1, -0.05) is 38.1 Å². The highest BCUT2D eigenvalue weighted by atomic mass is 32.2. The average Bonchev–Trinajstić information content (AvgIpc) is 2.39. The van der Waals surface area contributed by atoms with Crippen LogP contribution in [0.1, 0.15) is 30.9 Å². The fourth-order valence-corrected chi connectivity index (χ4v) is 3.44. The van der Waals surface area contributed by atoms with Crippen molar-refractivity contribution in [3.05, 3.63) is 53.9 Å². The molecule has 0 saturated heterocycles. The van der Waals surface area contributed by atoms with Crippen molar-refractivity contribution in [2.24, 2.45) is 0 Å². The zero-order chi connectivity index (χ0) is 14.8. The number of nitrogens with two attached hydrogens (primary N) is 1. The molecule has 0 spiro atoms. The molecule has 0 amide bonds. The fourth-order valence-electron chi connectivity index (χ4n) is 1.97. The summed E-state index contributed by atoms with van der Waals surface area (Å²) in [5, 5.41) is 0. The Bertz CT molecular complexity index is 692. The van der Waals surface area contributed by atoms with Gasteiger partial charge in [0.15, 0.2) is 9.84 Å². The maximum atomic E-state index is 12.3. The predicted octanol–water partition coefficient (Wildman–Crippen LogP) is 2.76. The van der Waals surface area contributed by atoms with Gasteiger partial charge in [0, 0.05) is 6.20 Å². The minimum absolute atomic E-state index is 0.0560. The van der Waals surface area contributed by atoms with Crippen molar-refractivity contribution in [3.63, 3.8) is 0 Å². The van der Waals surface area contributed by atoms with E-state index in [4.69, 9.17) is 5.73 Å². The first-order chi connectivity index (χ1) is 9.40. The van der Waals surface area contributed by atoms with Gasteiger partial charge in [0.05, 0.1) is 22.5 Å². The quantitative estimate of drug-likeness (QED) is 0.939. The van der Waals surface area contributed by atoms with E-state index in [9.17, 15) is 8.42 Å². The van der Waals surface area contributed by atoms with Crippen molar-refractivity contribution in [2.45, 2.75) is 30.4 Å². The Morgan fingerprint density at radius 1 is 1.15 bits per heavy atom. The van der Waals surface area contributed by atoms with Gasteiger partial charge in [-0.05, 0) is 23.1 Å². The van der Waals surface area contributed by atoms with Gasteiger partial charge in [-0.15, -0.1) is 0 Å². The summed E-state index contributed by atoms with van der Waals surface area (Å²) in [5.74, 6) is 0.371. The Morgan fingerprint density at radius 3 is 2.35 bits per heavy atom. The van der Waals surface area contributed by atoms with Crippen LogP contribution in [0.4, 0.5) is 5.69 Å². The van der Waals surface area contributed by atoms with Crippen LogP contribution in [0.3, 0.4) is 0 Å². The van der Waals surface area contributed by atoms with E-state index in [-0.39, 0.29) is 16.3 Å². The van der Waals surface area contributed by atoms with E-state index in [2.05, 4.69) is 18.8 Å². The van der Waals surface area contributed by atoms with E-state index in [0.717, 1.165) is 5.56 Å². The molecule has 2 aromatic rings. The van der Waals surface area contributed by atoms with Crippen LogP contribution in [-0.2, 0) is 15.6 Å². The lowest BCUT2D eigenvalue weighted by atomic mass is 10.0. The lowest BCUT2D eigenvalue weighted by Crippen LogP contribution is -2.08. The molecule has 0 aliphatic rings. The van der Waals surface area contributed by atoms with Gasteiger partial charge in [0.1, 0.15) is 0 Å². The van der Waals surface area contributed by atoms with E-state index in [1.54, 1.807) is 0 Å². The molecular formula is C15H18N2O2S. The lowest BCUT2D eigenvalue weighted by Gasteiger charge is -2.09. The second-order valence-corrected chi connectivity index (χ2v) is 7.03. The maximum Gasteiger partial charge on any atom is 0.184 e. The van der Waals surface area contributed by atoms with Crippen LogP contribution in [0.25, 0.3) is 0 Å². The monoisotopic (exact) mass is 290 g/mol. The Kier molecular flexibility index (Phi) is 4.09. The Morgan fingerprint density at radius 2 is 1.80 bits per heavy atom. The molecule has 0 aliphatic carbocycles. The first-order valence-corrected chi connectivity index (χ1v) is 8.06. The van der Waals surface area contributed by atoms with E-state index < -0.39 is 9.84 Å². The van der Waals surface area contributed by atoms with Gasteiger partial charge < -0.3 is 5.73 Å². The molecular weight excluding hydrogens is 272 g/mol. The van der Waals surface area contributed by atoms with E-state index in [1.807, 2.05) is 24.3 Å². The molecule has 0 atom stereocenters. The highest BCUT2D eigenvalue weighted by Crippen LogP contribution is 2.22. The second-order valence-electron chi connectivity index (χ2n) is 5.07. The normalized spacial score (nSPS) is 11.8. The molecule has 0 radical (unpaired) electrons. The van der Waals surface area contributed by atoms with Crippen LogP contribution in [0.5, 0.6) is 0 Å². The Labute approximate surface area is 119 Å². The molecule has 0 saturated carbocycles. The largest absolute Gasteiger partial charge is 0.396 e.